The Kier molecular flexibility index (Phi) is 0.938. The average Bonchev–Trinajstić information content (AvgIpc) is 1.85. The predicted octanol–water partition coefficient (Wildman–Crippen LogP) is 1.00. The molecule has 0 aromatic heterocycles. The molecule has 0 aliphatic carbocycles. The van der Waals surface area contributed by atoms with Gasteiger partial charge in [-0.2, -0.15) is 0 Å². The third-order valence-corrected chi connectivity index (χ3v) is 0.893. The second-order valence-corrected chi connectivity index (χ2v) is 1.64. The second kappa shape index (κ2) is 1.47. The molecule has 0 fully saturated rings. The van der Waals surface area contributed by atoms with Gasteiger partial charge in [0.05, 0.1) is 0 Å². The maximum Gasteiger partial charge on any atom is 0.223 e. The molecule has 0 atom stereocenters. The van der Waals surface area contributed by atoms with E-state index in [4.69, 9.17) is 4.74 Å². The number of hydrogen-bond donors (Lipinski definition) is 0. The molecule has 42 valence electrons. The van der Waals surface area contributed by atoms with Crippen molar-refractivity contribution < 1.29 is 9.53 Å². The first-order valence-corrected chi connectivity index (χ1v) is 2.29. The van der Waals surface area contributed by atoms with Crippen LogP contribution in [0.3, 0.4) is 0 Å². The molecule has 1 aliphatic heterocycles. The van der Waals surface area contributed by atoms with E-state index in [0.717, 1.165) is 0 Å². The highest BCUT2D eigenvalue weighted by Crippen LogP contribution is 2.13. The third-order valence-electron chi connectivity index (χ3n) is 0.893. The number of hydrogen-bond acceptors (Lipinski definition) is 2. The molecule has 0 bridgehead atoms. The topological polar surface area (TPSA) is 26.3 Å². The summed E-state index contributed by atoms with van der Waals surface area (Å²) < 4.78 is 4.79. The molecule has 1 rings (SSSR count). The molecule has 0 aromatic carbocycles. The van der Waals surface area contributed by atoms with Crippen molar-refractivity contribution in [1.29, 1.82) is 0 Å². The van der Waals surface area contributed by atoms with Crippen LogP contribution in [0.2, 0.25) is 0 Å². The summed E-state index contributed by atoms with van der Waals surface area (Å²) in [5.41, 5.74) is 0. The van der Waals surface area contributed by atoms with Crippen molar-refractivity contribution in [3.8, 4) is 0 Å². The molecular formula is C6H6O2. The lowest BCUT2D eigenvalue weighted by molar-refractivity contribution is -0.112. The van der Waals surface area contributed by atoms with E-state index in [9.17, 15) is 4.79 Å². The molecular weight excluding hydrogens is 104 g/mol. The molecule has 0 spiro atoms. The van der Waals surface area contributed by atoms with E-state index in [1.54, 1.807) is 6.92 Å². The Hall–Kier alpha value is -1.05. The van der Waals surface area contributed by atoms with Gasteiger partial charge in [-0.25, -0.2) is 0 Å². The van der Waals surface area contributed by atoms with Crippen molar-refractivity contribution in [2.45, 2.75) is 6.92 Å². The van der Waals surface area contributed by atoms with Crippen LogP contribution in [-0.2, 0) is 9.53 Å². The first kappa shape index (κ1) is 5.09. The van der Waals surface area contributed by atoms with Crippen LogP contribution in [0.15, 0.2) is 24.2 Å². The van der Waals surface area contributed by atoms with Gasteiger partial charge in [0.15, 0.2) is 5.76 Å². The lowest BCUT2D eigenvalue weighted by Gasteiger charge is -1.92. The van der Waals surface area contributed by atoms with Gasteiger partial charge in [-0.05, 0) is 6.92 Å². The Labute approximate surface area is 47.5 Å². The van der Waals surface area contributed by atoms with Crippen LogP contribution in [0.5, 0.6) is 0 Å². The quantitative estimate of drug-likeness (QED) is 0.435. The summed E-state index contributed by atoms with van der Waals surface area (Å²) in [4.78, 5) is 10.5. The zero-order valence-electron chi connectivity index (χ0n) is 4.60. The van der Waals surface area contributed by atoms with Crippen LogP contribution in [-0.4, -0.2) is 5.78 Å². The van der Waals surface area contributed by atoms with Gasteiger partial charge in [-0.3, -0.25) is 4.79 Å². The number of allylic oxidation sites excluding steroid dienone is 2. The van der Waals surface area contributed by atoms with Crippen molar-refractivity contribution in [1.82, 2.24) is 0 Å². The molecule has 0 aromatic rings. The summed E-state index contributed by atoms with van der Waals surface area (Å²) in [6.45, 7) is 5.08. The van der Waals surface area contributed by atoms with E-state index in [2.05, 4.69) is 6.58 Å². The number of carbonyl (C=O) groups is 1. The van der Waals surface area contributed by atoms with Crippen LogP contribution in [0, 0.1) is 0 Å². The Morgan fingerprint density at radius 1 is 1.75 bits per heavy atom. The average molecular weight is 110 g/mol. The second-order valence-electron chi connectivity index (χ2n) is 1.64. The van der Waals surface area contributed by atoms with Crippen LogP contribution in [0.1, 0.15) is 6.92 Å². The van der Waals surface area contributed by atoms with E-state index in [1.165, 1.54) is 6.08 Å². The van der Waals surface area contributed by atoms with Crippen molar-refractivity contribution in [3.05, 3.63) is 24.2 Å². The third kappa shape index (κ3) is 0.644. The van der Waals surface area contributed by atoms with E-state index in [1.807, 2.05) is 0 Å². The molecule has 0 unspecified atom stereocenters. The van der Waals surface area contributed by atoms with Gasteiger partial charge in [0.25, 0.3) is 0 Å². The number of ketones is 1. The molecule has 1 aliphatic rings. The highest BCUT2D eigenvalue weighted by atomic mass is 16.5. The lowest BCUT2D eigenvalue weighted by Crippen LogP contribution is -1.88. The molecule has 2 nitrogen and oxygen atoms in total. The zero-order chi connectivity index (χ0) is 6.15. The van der Waals surface area contributed by atoms with Crippen molar-refractivity contribution in [2.24, 2.45) is 0 Å². The largest absolute Gasteiger partial charge is 0.458 e. The smallest absolute Gasteiger partial charge is 0.223 e. The monoisotopic (exact) mass is 110 g/mol. The van der Waals surface area contributed by atoms with Gasteiger partial charge in [-0.15, -0.1) is 0 Å². The molecule has 0 radical (unpaired) electrons. The SMILES string of the molecule is C=C1OC(C)=CC1=O. The fraction of sp³-hybridized carbons (Fsp3) is 0.167. The van der Waals surface area contributed by atoms with Gasteiger partial charge < -0.3 is 4.74 Å². The molecule has 0 N–H and O–H groups in total. The Morgan fingerprint density at radius 3 is 2.50 bits per heavy atom. The Balaban J connectivity index is 2.85. The highest BCUT2D eigenvalue weighted by molar-refractivity contribution is 6.04. The predicted molar refractivity (Wildman–Crippen MR) is 29.0 cm³/mol. The van der Waals surface area contributed by atoms with Crippen LogP contribution < -0.4 is 0 Å². The highest BCUT2D eigenvalue weighted by Gasteiger charge is 2.13. The molecule has 0 saturated heterocycles. The fourth-order valence-corrected chi connectivity index (χ4v) is 0.539. The summed E-state index contributed by atoms with van der Waals surface area (Å²) in [5.74, 6) is 0.727. The summed E-state index contributed by atoms with van der Waals surface area (Å²) in [5, 5.41) is 0. The summed E-state index contributed by atoms with van der Waals surface area (Å²) in [6, 6.07) is 0. The van der Waals surface area contributed by atoms with Crippen LogP contribution in [0.4, 0.5) is 0 Å². The van der Waals surface area contributed by atoms with Crippen molar-refractivity contribution in [2.75, 3.05) is 0 Å². The number of ether oxygens (including phenoxy) is 1. The summed E-state index contributed by atoms with van der Waals surface area (Å²) in [6.07, 6.45) is 1.42. The lowest BCUT2D eigenvalue weighted by atomic mass is 10.3. The molecule has 1 heterocycles. The van der Waals surface area contributed by atoms with Crippen LogP contribution >= 0.6 is 0 Å². The maximum absolute atomic E-state index is 10.5. The number of rotatable bonds is 0. The maximum atomic E-state index is 10.5. The van der Waals surface area contributed by atoms with Crippen molar-refractivity contribution in [3.63, 3.8) is 0 Å². The van der Waals surface area contributed by atoms with Crippen LogP contribution in [0.25, 0.3) is 0 Å². The Morgan fingerprint density at radius 2 is 2.38 bits per heavy atom. The molecule has 2 heteroatoms. The van der Waals surface area contributed by atoms with E-state index < -0.39 is 0 Å². The van der Waals surface area contributed by atoms with Gasteiger partial charge in [0.1, 0.15) is 5.76 Å². The standard InChI is InChI=1S/C6H6O2/c1-4-3-6(7)5(2)8-4/h3H,2H2,1H3. The number of carbonyl (C=O) groups excluding carboxylic acids is 1. The van der Waals surface area contributed by atoms with E-state index >= 15 is 0 Å². The molecule has 8 heavy (non-hydrogen) atoms. The van der Waals surface area contributed by atoms with Gasteiger partial charge in [-0.1, -0.05) is 6.58 Å². The first-order chi connectivity index (χ1) is 3.70. The van der Waals surface area contributed by atoms with E-state index in [-0.39, 0.29) is 11.5 Å². The van der Waals surface area contributed by atoms with Gasteiger partial charge in [0, 0.05) is 6.08 Å². The minimum absolute atomic E-state index is 0.123. The minimum atomic E-state index is -0.123. The van der Waals surface area contributed by atoms with Gasteiger partial charge >= 0.3 is 0 Å². The fourth-order valence-electron chi connectivity index (χ4n) is 0.539. The summed E-state index contributed by atoms with van der Waals surface area (Å²) in [7, 11) is 0. The Bertz CT molecular complexity index is 177. The van der Waals surface area contributed by atoms with Crippen molar-refractivity contribution >= 4 is 5.78 Å². The first-order valence-electron chi connectivity index (χ1n) is 2.29. The normalized spacial score (nSPS) is 18.4. The summed E-state index contributed by atoms with van der Waals surface area (Å²) >= 11 is 0. The molecule has 0 amide bonds. The molecule has 0 saturated carbocycles. The van der Waals surface area contributed by atoms with E-state index in [0.29, 0.717) is 5.76 Å². The zero-order valence-corrected chi connectivity index (χ0v) is 4.60. The minimum Gasteiger partial charge on any atom is -0.458 e. The van der Waals surface area contributed by atoms with Gasteiger partial charge in [0.2, 0.25) is 5.78 Å².